The first-order valence-electron chi connectivity index (χ1n) is 8.86. The highest BCUT2D eigenvalue weighted by molar-refractivity contribution is 8.18. The molecule has 1 saturated heterocycles. The van der Waals surface area contributed by atoms with Gasteiger partial charge in [-0.2, -0.15) is 4.99 Å². The van der Waals surface area contributed by atoms with Crippen molar-refractivity contribution < 1.29 is 14.3 Å². The fraction of sp³-hybridized carbons (Fsp3) is 0.421. The Balaban J connectivity index is 1.44. The normalized spacial score (nSPS) is 24.6. The first-order valence-corrected chi connectivity index (χ1v) is 9.67. The van der Waals surface area contributed by atoms with Crippen molar-refractivity contribution in [1.29, 1.82) is 0 Å². The second kappa shape index (κ2) is 6.79. The van der Waals surface area contributed by atoms with Gasteiger partial charge in [0.2, 0.25) is 5.91 Å². The Morgan fingerprint density at radius 3 is 2.88 bits per heavy atom. The van der Waals surface area contributed by atoms with Gasteiger partial charge in [0.15, 0.2) is 5.17 Å². The van der Waals surface area contributed by atoms with Gasteiger partial charge in [-0.1, -0.05) is 6.07 Å². The van der Waals surface area contributed by atoms with Crippen LogP contribution >= 0.6 is 11.8 Å². The topological polar surface area (TPSA) is 85.0 Å². The Labute approximate surface area is 156 Å². The molecule has 2 N–H and O–H groups in total. The van der Waals surface area contributed by atoms with Gasteiger partial charge >= 0.3 is 0 Å². The summed E-state index contributed by atoms with van der Waals surface area (Å²) in [5.41, 5.74) is 7.54. The minimum absolute atomic E-state index is 0.0695. The summed E-state index contributed by atoms with van der Waals surface area (Å²) in [5.74, 6) is 0.420. The van der Waals surface area contributed by atoms with Gasteiger partial charge in [-0.25, -0.2) is 0 Å². The minimum Gasteiger partial charge on any atom is -0.490 e. The summed E-state index contributed by atoms with van der Waals surface area (Å²) >= 11 is 1.40. The minimum atomic E-state index is -0.239. The van der Waals surface area contributed by atoms with Crippen LogP contribution in [0.2, 0.25) is 0 Å². The number of likely N-dealkylation sites (tertiary alicyclic amines) is 1. The molecule has 7 heteroatoms. The molecule has 136 valence electrons. The van der Waals surface area contributed by atoms with E-state index >= 15 is 0 Å². The Morgan fingerprint density at radius 1 is 1.38 bits per heavy atom. The molecule has 0 unspecified atom stereocenters. The average molecular weight is 371 g/mol. The van der Waals surface area contributed by atoms with Crippen molar-refractivity contribution in [3.8, 4) is 5.75 Å². The van der Waals surface area contributed by atoms with Crippen LogP contribution in [-0.2, 0) is 16.0 Å². The van der Waals surface area contributed by atoms with Crippen molar-refractivity contribution in [2.24, 2.45) is 16.6 Å². The Morgan fingerprint density at radius 2 is 2.15 bits per heavy atom. The number of carbonyl (C=O) groups excluding carboxylic acids is 2. The van der Waals surface area contributed by atoms with E-state index < -0.39 is 0 Å². The number of nitrogens with zero attached hydrogens (tertiary/aromatic N) is 2. The van der Waals surface area contributed by atoms with Gasteiger partial charge in [-0.3, -0.25) is 9.59 Å². The molecule has 1 aromatic rings. The smallest absolute Gasteiger partial charge is 0.286 e. The molecule has 0 aliphatic carbocycles. The molecule has 3 aliphatic heterocycles. The molecule has 0 aromatic heterocycles. The summed E-state index contributed by atoms with van der Waals surface area (Å²) in [7, 11) is 0. The van der Waals surface area contributed by atoms with E-state index in [2.05, 4.69) is 22.9 Å². The summed E-state index contributed by atoms with van der Waals surface area (Å²) in [4.78, 5) is 30.5. The molecule has 1 atom stereocenters. The second-order valence-electron chi connectivity index (χ2n) is 6.97. The first-order chi connectivity index (χ1) is 12.5. The molecular formula is C19H21N3O3S. The van der Waals surface area contributed by atoms with Crippen LogP contribution in [0.15, 0.2) is 28.1 Å². The summed E-state index contributed by atoms with van der Waals surface area (Å²) < 4.78 is 5.72. The number of thioether (sulfide) groups is 1. The third-order valence-electron chi connectivity index (χ3n) is 4.99. The first kappa shape index (κ1) is 17.1. The van der Waals surface area contributed by atoms with Gasteiger partial charge in [-0.15, -0.1) is 0 Å². The Hall–Kier alpha value is -2.28. The van der Waals surface area contributed by atoms with Gasteiger partial charge in [0, 0.05) is 25.4 Å². The number of hydrogen-bond donors (Lipinski definition) is 1. The van der Waals surface area contributed by atoms with Crippen LogP contribution in [0.5, 0.6) is 5.75 Å². The predicted octanol–water partition coefficient (Wildman–Crippen LogP) is 2.18. The molecule has 0 saturated carbocycles. The maximum absolute atomic E-state index is 12.3. The number of amides is 2. The number of rotatable bonds is 2. The SMILES string of the molecule is C[C@@H]1Cc2cc(/C=C3/SC(N4CCC(C(N)=O)CC4)=NC3=O)ccc2O1. The zero-order chi connectivity index (χ0) is 18.3. The van der Waals surface area contributed by atoms with Gasteiger partial charge in [-0.05, 0) is 60.9 Å². The summed E-state index contributed by atoms with van der Waals surface area (Å²) in [5, 5.41) is 0.724. The van der Waals surface area contributed by atoms with E-state index in [0.717, 1.165) is 22.9 Å². The number of amidine groups is 1. The molecule has 3 aliphatic rings. The van der Waals surface area contributed by atoms with Gasteiger partial charge in [0.05, 0.1) is 4.91 Å². The molecule has 26 heavy (non-hydrogen) atoms. The summed E-state index contributed by atoms with van der Waals surface area (Å²) in [6.45, 7) is 3.46. The lowest BCUT2D eigenvalue weighted by atomic mass is 9.97. The fourth-order valence-corrected chi connectivity index (χ4v) is 4.54. The van der Waals surface area contributed by atoms with Gasteiger partial charge in [0.1, 0.15) is 11.9 Å². The molecule has 4 rings (SSSR count). The fourth-order valence-electron chi connectivity index (χ4n) is 3.57. The largest absolute Gasteiger partial charge is 0.490 e. The number of hydrogen-bond acceptors (Lipinski definition) is 5. The van der Waals surface area contributed by atoms with Crippen LogP contribution in [0, 0.1) is 5.92 Å². The molecule has 3 heterocycles. The number of primary amides is 1. The van der Waals surface area contributed by atoms with Gasteiger partial charge in [0.25, 0.3) is 5.91 Å². The van der Waals surface area contributed by atoms with Crippen LogP contribution in [0.1, 0.15) is 30.9 Å². The number of ether oxygens (including phenoxy) is 1. The lowest BCUT2D eigenvalue weighted by Gasteiger charge is -2.31. The standard InChI is InChI=1S/C19H21N3O3S/c1-11-8-14-9-12(2-3-15(14)25-11)10-16-18(24)21-19(26-16)22-6-4-13(5-7-22)17(20)23/h2-3,9-11,13H,4-8H2,1H3,(H2,20,23)/b16-10+/t11-/m1/s1. The van der Waals surface area contributed by atoms with Crippen molar-refractivity contribution in [3.05, 3.63) is 34.2 Å². The number of aliphatic imine (C=N–C) groups is 1. The highest BCUT2D eigenvalue weighted by atomic mass is 32.2. The van der Waals surface area contributed by atoms with E-state index in [1.54, 1.807) is 0 Å². The maximum Gasteiger partial charge on any atom is 0.286 e. The molecule has 2 amide bonds. The van der Waals surface area contributed by atoms with Crippen LogP contribution in [0.25, 0.3) is 6.08 Å². The third kappa shape index (κ3) is 3.35. The predicted molar refractivity (Wildman–Crippen MR) is 102 cm³/mol. The second-order valence-corrected chi connectivity index (χ2v) is 7.98. The zero-order valence-electron chi connectivity index (χ0n) is 14.6. The zero-order valence-corrected chi connectivity index (χ0v) is 15.4. The lowest BCUT2D eigenvalue weighted by Crippen LogP contribution is -2.40. The molecule has 6 nitrogen and oxygen atoms in total. The quantitative estimate of drug-likeness (QED) is 0.806. The summed E-state index contributed by atoms with van der Waals surface area (Å²) in [6, 6.07) is 6.01. The average Bonchev–Trinajstić information content (AvgIpc) is 3.16. The van der Waals surface area contributed by atoms with E-state index in [1.165, 1.54) is 17.3 Å². The maximum atomic E-state index is 12.3. The number of benzene rings is 1. The lowest BCUT2D eigenvalue weighted by molar-refractivity contribution is -0.123. The number of piperidine rings is 1. The molecule has 0 bridgehead atoms. The van der Waals surface area contributed by atoms with Crippen LogP contribution < -0.4 is 10.5 Å². The molecule has 1 aromatic carbocycles. The van der Waals surface area contributed by atoms with E-state index in [4.69, 9.17) is 10.5 Å². The van der Waals surface area contributed by atoms with Crippen molar-refractivity contribution in [3.63, 3.8) is 0 Å². The van der Waals surface area contributed by atoms with Crippen molar-refractivity contribution in [2.45, 2.75) is 32.3 Å². The number of carbonyl (C=O) groups is 2. The van der Waals surface area contributed by atoms with E-state index in [0.29, 0.717) is 30.8 Å². The molecule has 0 spiro atoms. The third-order valence-corrected chi connectivity index (χ3v) is 6.04. The van der Waals surface area contributed by atoms with E-state index in [1.807, 2.05) is 18.2 Å². The van der Waals surface area contributed by atoms with E-state index in [9.17, 15) is 9.59 Å². The van der Waals surface area contributed by atoms with Crippen LogP contribution in [0.4, 0.5) is 0 Å². The van der Waals surface area contributed by atoms with Crippen molar-refractivity contribution in [2.75, 3.05) is 13.1 Å². The van der Waals surface area contributed by atoms with E-state index in [-0.39, 0.29) is 23.8 Å². The monoisotopic (exact) mass is 371 g/mol. The number of fused-ring (bicyclic) bond motifs is 1. The summed E-state index contributed by atoms with van der Waals surface area (Å²) in [6.07, 6.45) is 4.41. The highest BCUT2D eigenvalue weighted by Crippen LogP contribution is 2.34. The van der Waals surface area contributed by atoms with Gasteiger partial charge < -0.3 is 15.4 Å². The van der Waals surface area contributed by atoms with Crippen molar-refractivity contribution >= 4 is 34.8 Å². The Bertz CT molecular complexity index is 825. The highest BCUT2D eigenvalue weighted by Gasteiger charge is 2.30. The van der Waals surface area contributed by atoms with Crippen molar-refractivity contribution in [1.82, 2.24) is 4.90 Å². The molecular weight excluding hydrogens is 350 g/mol. The number of nitrogens with two attached hydrogens (primary N) is 1. The molecule has 1 fully saturated rings. The Kier molecular flexibility index (Phi) is 4.48. The van der Waals surface area contributed by atoms with Crippen LogP contribution in [0.3, 0.4) is 0 Å². The van der Waals surface area contributed by atoms with Crippen LogP contribution in [-0.4, -0.2) is 41.1 Å². The molecule has 0 radical (unpaired) electrons.